The van der Waals surface area contributed by atoms with Crippen molar-refractivity contribution in [3.8, 4) is 11.5 Å². The molecule has 128 valence electrons. The molecule has 0 radical (unpaired) electrons. The number of para-hydroxylation sites is 2. The molecular formula is C17H20N2O4S. The van der Waals surface area contributed by atoms with E-state index in [1.807, 2.05) is 19.9 Å². The van der Waals surface area contributed by atoms with Crippen molar-refractivity contribution in [2.24, 2.45) is 5.73 Å². The van der Waals surface area contributed by atoms with Gasteiger partial charge in [-0.05, 0) is 31.0 Å². The maximum atomic E-state index is 12.1. The number of thiophene rings is 1. The molecule has 0 saturated carbocycles. The van der Waals surface area contributed by atoms with Crippen molar-refractivity contribution in [1.82, 2.24) is 0 Å². The highest BCUT2D eigenvalue weighted by Crippen LogP contribution is 2.33. The monoisotopic (exact) mass is 348 g/mol. The summed E-state index contributed by atoms with van der Waals surface area (Å²) in [5, 5.41) is 3.17. The molecule has 7 heteroatoms. The molecular weight excluding hydrogens is 328 g/mol. The van der Waals surface area contributed by atoms with Crippen LogP contribution in [0.1, 0.15) is 27.7 Å². The van der Waals surface area contributed by atoms with E-state index in [4.69, 9.17) is 15.2 Å². The van der Waals surface area contributed by atoms with Crippen molar-refractivity contribution in [2.45, 2.75) is 20.3 Å². The van der Waals surface area contributed by atoms with Gasteiger partial charge in [0.15, 0.2) is 18.1 Å². The van der Waals surface area contributed by atoms with Crippen molar-refractivity contribution < 1.29 is 19.1 Å². The first-order valence-corrected chi connectivity index (χ1v) is 8.27. The van der Waals surface area contributed by atoms with Gasteiger partial charge in [0, 0.05) is 4.88 Å². The Labute approximate surface area is 144 Å². The molecule has 0 atom stereocenters. The van der Waals surface area contributed by atoms with E-state index < -0.39 is 5.91 Å². The van der Waals surface area contributed by atoms with E-state index >= 15 is 0 Å². The van der Waals surface area contributed by atoms with Gasteiger partial charge >= 0.3 is 0 Å². The van der Waals surface area contributed by atoms with Gasteiger partial charge in [0.05, 0.1) is 12.7 Å². The molecule has 1 heterocycles. The predicted octanol–water partition coefficient (Wildman–Crippen LogP) is 2.74. The number of aryl methyl sites for hydroxylation is 1. The standard InChI is InChI=1S/C17H20N2O4S/c1-4-11-10(2)24-17(15(11)16(18)21)19-14(20)9-23-13-8-6-5-7-12(13)22-3/h5-8H,4,9H2,1-3H3,(H2,18,21)(H,19,20). The summed E-state index contributed by atoms with van der Waals surface area (Å²) in [7, 11) is 1.53. The normalized spacial score (nSPS) is 10.3. The zero-order valence-electron chi connectivity index (χ0n) is 13.8. The van der Waals surface area contributed by atoms with Gasteiger partial charge in [-0.3, -0.25) is 9.59 Å². The maximum Gasteiger partial charge on any atom is 0.262 e. The Balaban J connectivity index is 2.09. The number of amides is 2. The molecule has 0 unspecified atom stereocenters. The van der Waals surface area contributed by atoms with Crippen LogP contribution in [0, 0.1) is 6.92 Å². The highest BCUT2D eigenvalue weighted by molar-refractivity contribution is 7.16. The summed E-state index contributed by atoms with van der Waals surface area (Å²) in [6, 6.07) is 7.06. The molecule has 6 nitrogen and oxygen atoms in total. The first-order chi connectivity index (χ1) is 11.5. The van der Waals surface area contributed by atoms with Gasteiger partial charge in [0.25, 0.3) is 11.8 Å². The third-order valence-electron chi connectivity index (χ3n) is 3.49. The summed E-state index contributed by atoms with van der Waals surface area (Å²) >= 11 is 1.34. The number of ether oxygens (including phenoxy) is 2. The molecule has 24 heavy (non-hydrogen) atoms. The number of anilines is 1. The van der Waals surface area contributed by atoms with Gasteiger partial charge in [-0.2, -0.15) is 0 Å². The smallest absolute Gasteiger partial charge is 0.262 e. The SMILES string of the molecule is CCc1c(C)sc(NC(=O)COc2ccccc2OC)c1C(N)=O. The maximum absolute atomic E-state index is 12.1. The summed E-state index contributed by atoms with van der Waals surface area (Å²) in [6.07, 6.45) is 0.675. The lowest BCUT2D eigenvalue weighted by Crippen LogP contribution is -2.22. The lowest BCUT2D eigenvalue weighted by atomic mass is 10.1. The Bertz CT molecular complexity index is 755. The van der Waals surface area contributed by atoms with E-state index in [-0.39, 0.29) is 12.5 Å². The van der Waals surface area contributed by atoms with Crippen molar-refractivity contribution >= 4 is 28.2 Å². The number of hydrogen-bond acceptors (Lipinski definition) is 5. The summed E-state index contributed by atoms with van der Waals surface area (Å²) < 4.78 is 10.6. The minimum absolute atomic E-state index is 0.197. The third-order valence-corrected chi connectivity index (χ3v) is 4.55. The zero-order valence-corrected chi connectivity index (χ0v) is 14.7. The highest BCUT2D eigenvalue weighted by atomic mass is 32.1. The van der Waals surface area contributed by atoms with Gasteiger partial charge in [-0.15, -0.1) is 11.3 Å². The van der Waals surface area contributed by atoms with E-state index in [1.54, 1.807) is 18.2 Å². The summed E-state index contributed by atoms with van der Waals surface area (Å²) in [5.41, 5.74) is 6.70. The quantitative estimate of drug-likeness (QED) is 0.805. The molecule has 0 spiro atoms. The first kappa shape index (κ1) is 17.8. The van der Waals surface area contributed by atoms with Gasteiger partial charge in [0.1, 0.15) is 5.00 Å². The number of nitrogens with two attached hydrogens (primary N) is 1. The average molecular weight is 348 g/mol. The van der Waals surface area contributed by atoms with Crippen LogP contribution in [0.4, 0.5) is 5.00 Å². The molecule has 0 aliphatic heterocycles. The number of primary amides is 1. The Morgan fingerprint density at radius 1 is 1.25 bits per heavy atom. The minimum Gasteiger partial charge on any atom is -0.493 e. The second-order valence-corrected chi connectivity index (χ2v) is 6.27. The summed E-state index contributed by atoms with van der Waals surface area (Å²) in [5.74, 6) is 0.106. The molecule has 1 aromatic heterocycles. The fourth-order valence-electron chi connectivity index (χ4n) is 2.40. The Hall–Kier alpha value is -2.54. The number of nitrogens with one attached hydrogen (secondary N) is 1. The molecule has 0 bridgehead atoms. The molecule has 0 saturated heterocycles. The number of carbonyl (C=O) groups is 2. The van der Waals surface area contributed by atoms with Crippen molar-refractivity contribution in [1.29, 1.82) is 0 Å². The second kappa shape index (κ2) is 7.83. The lowest BCUT2D eigenvalue weighted by Gasteiger charge is -2.10. The molecule has 2 amide bonds. The topological polar surface area (TPSA) is 90.7 Å². The van der Waals surface area contributed by atoms with Crippen LogP contribution < -0.4 is 20.5 Å². The van der Waals surface area contributed by atoms with Crippen LogP contribution in [0.3, 0.4) is 0 Å². The molecule has 1 aromatic carbocycles. The lowest BCUT2D eigenvalue weighted by molar-refractivity contribution is -0.118. The summed E-state index contributed by atoms with van der Waals surface area (Å²) in [6.45, 7) is 3.64. The van der Waals surface area contributed by atoms with Gasteiger partial charge in [-0.1, -0.05) is 19.1 Å². The van der Waals surface area contributed by atoms with E-state index in [2.05, 4.69) is 5.32 Å². The molecule has 0 aliphatic rings. The number of methoxy groups -OCH3 is 1. The first-order valence-electron chi connectivity index (χ1n) is 7.45. The van der Waals surface area contributed by atoms with Gasteiger partial charge in [0.2, 0.25) is 0 Å². The third kappa shape index (κ3) is 3.86. The Kier molecular flexibility index (Phi) is 5.81. The van der Waals surface area contributed by atoms with Gasteiger partial charge in [-0.25, -0.2) is 0 Å². The average Bonchev–Trinajstić information content (AvgIpc) is 2.88. The fourth-order valence-corrected chi connectivity index (χ4v) is 3.56. The van der Waals surface area contributed by atoms with Crippen LogP contribution in [0.5, 0.6) is 11.5 Å². The van der Waals surface area contributed by atoms with Crippen molar-refractivity contribution in [3.63, 3.8) is 0 Å². The molecule has 2 rings (SSSR count). The highest BCUT2D eigenvalue weighted by Gasteiger charge is 2.20. The van der Waals surface area contributed by atoms with Crippen molar-refractivity contribution in [2.75, 3.05) is 19.0 Å². The van der Waals surface area contributed by atoms with E-state index in [1.165, 1.54) is 18.4 Å². The molecule has 0 aliphatic carbocycles. The Morgan fingerprint density at radius 3 is 2.50 bits per heavy atom. The van der Waals surface area contributed by atoms with Crippen LogP contribution >= 0.6 is 11.3 Å². The van der Waals surface area contributed by atoms with Crippen LogP contribution in [-0.4, -0.2) is 25.5 Å². The summed E-state index contributed by atoms with van der Waals surface area (Å²) in [4.78, 5) is 24.8. The minimum atomic E-state index is -0.544. The number of rotatable bonds is 7. The van der Waals surface area contributed by atoms with E-state index in [9.17, 15) is 9.59 Å². The van der Waals surface area contributed by atoms with Crippen LogP contribution in [0.25, 0.3) is 0 Å². The number of carbonyl (C=O) groups excluding carboxylic acids is 2. The second-order valence-electron chi connectivity index (χ2n) is 5.05. The van der Waals surface area contributed by atoms with Crippen LogP contribution in [-0.2, 0) is 11.2 Å². The largest absolute Gasteiger partial charge is 0.493 e. The van der Waals surface area contributed by atoms with Crippen LogP contribution in [0.2, 0.25) is 0 Å². The van der Waals surface area contributed by atoms with Crippen molar-refractivity contribution in [3.05, 3.63) is 40.3 Å². The number of benzene rings is 1. The predicted molar refractivity (Wildman–Crippen MR) is 94.1 cm³/mol. The zero-order chi connectivity index (χ0) is 17.7. The number of hydrogen-bond donors (Lipinski definition) is 2. The molecule has 0 fully saturated rings. The Morgan fingerprint density at radius 2 is 1.92 bits per heavy atom. The van der Waals surface area contributed by atoms with E-state index in [0.29, 0.717) is 28.5 Å². The van der Waals surface area contributed by atoms with E-state index in [0.717, 1.165) is 10.4 Å². The van der Waals surface area contributed by atoms with Gasteiger partial charge < -0.3 is 20.5 Å². The fraction of sp³-hybridized carbons (Fsp3) is 0.294. The molecule has 3 N–H and O–H groups in total. The van der Waals surface area contributed by atoms with Crippen LogP contribution in [0.15, 0.2) is 24.3 Å². The molecule has 2 aromatic rings.